The third kappa shape index (κ3) is 3.97. The van der Waals surface area contributed by atoms with Crippen molar-refractivity contribution in [1.29, 1.82) is 0 Å². The predicted molar refractivity (Wildman–Crippen MR) is 81.3 cm³/mol. The lowest BCUT2D eigenvalue weighted by atomic mass is 10.1. The number of rotatable bonds is 5. The largest absolute Gasteiger partial charge is 0.496 e. The first-order valence-corrected chi connectivity index (χ1v) is 7.63. The van der Waals surface area contributed by atoms with Gasteiger partial charge in [-0.15, -0.1) is 0 Å². The van der Waals surface area contributed by atoms with Crippen LogP contribution >= 0.6 is 15.9 Å². The highest BCUT2D eigenvalue weighted by Gasteiger charge is 2.30. The summed E-state index contributed by atoms with van der Waals surface area (Å²) in [6.45, 7) is 0.856. The zero-order valence-corrected chi connectivity index (χ0v) is 13.4. The Morgan fingerprint density at radius 3 is 2.86 bits per heavy atom. The summed E-state index contributed by atoms with van der Waals surface area (Å²) < 4.78 is 6.23. The van der Waals surface area contributed by atoms with Crippen LogP contribution in [0.4, 0.5) is 0 Å². The second-order valence-corrected chi connectivity index (χ2v) is 6.04. The van der Waals surface area contributed by atoms with E-state index in [0.717, 1.165) is 15.8 Å². The molecule has 1 atom stereocenters. The van der Waals surface area contributed by atoms with Crippen LogP contribution in [0.25, 0.3) is 0 Å². The summed E-state index contributed by atoms with van der Waals surface area (Å²) in [7, 11) is 1.60. The zero-order chi connectivity index (χ0) is 15.4. The van der Waals surface area contributed by atoms with E-state index in [9.17, 15) is 9.59 Å². The lowest BCUT2D eigenvalue weighted by Crippen LogP contribution is -2.30. The normalized spacial score (nSPS) is 17.8. The van der Waals surface area contributed by atoms with E-state index in [0.29, 0.717) is 32.4 Å². The van der Waals surface area contributed by atoms with Gasteiger partial charge in [0.05, 0.1) is 13.0 Å². The highest BCUT2D eigenvalue weighted by Crippen LogP contribution is 2.25. The van der Waals surface area contributed by atoms with E-state index in [2.05, 4.69) is 15.9 Å². The summed E-state index contributed by atoms with van der Waals surface area (Å²) >= 11 is 3.41. The third-order valence-electron chi connectivity index (χ3n) is 3.74. The Labute approximate surface area is 132 Å². The maximum absolute atomic E-state index is 12.2. The van der Waals surface area contributed by atoms with Crippen LogP contribution in [0, 0.1) is 5.92 Å². The van der Waals surface area contributed by atoms with E-state index in [1.165, 1.54) is 0 Å². The Balaban J connectivity index is 1.93. The first-order valence-electron chi connectivity index (χ1n) is 6.84. The topological polar surface area (TPSA) is 66.8 Å². The number of hydrogen-bond acceptors (Lipinski definition) is 3. The molecule has 0 unspecified atom stereocenters. The molecule has 0 aliphatic carbocycles. The van der Waals surface area contributed by atoms with E-state index >= 15 is 0 Å². The van der Waals surface area contributed by atoms with Gasteiger partial charge in [0, 0.05) is 24.0 Å². The number of nitrogens with zero attached hydrogens (tertiary/aromatic N) is 1. The van der Waals surface area contributed by atoms with Gasteiger partial charge in [0.2, 0.25) is 5.91 Å². The molecule has 1 saturated heterocycles. The van der Waals surface area contributed by atoms with Crippen LogP contribution in [0.15, 0.2) is 22.7 Å². The van der Waals surface area contributed by atoms with Crippen LogP contribution in [0.1, 0.15) is 18.4 Å². The molecule has 0 radical (unpaired) electrons. The Morgan fingerprint density at radius 1 is 1.48 bits per heavy atom. The number of amides is 1. The molecule has 1 amide bonds. The van der Waals surface area contributed by atoms with E-state index in [-0.39, 0.29) is 5.91 Å². The molecule has 1 aromatic carbocycles. The van der Waals surface area contributed by atoms with E-state index in [4.69, 9.17) is 9.84 Å². The average Bonchev–Trinajstić information content (AvgIpc) is 2.95. The monoisotopic (exact) mass is 355 g/mol. The summed E-state index contributed by atoms with van der Waals surface area (Å²) in [4.78, 5) is 24.7. The Kier molecular flexibility index (Phi) is 5.22. The lowest BCUT2D eigenvalue weighted by molar-refractivity contribution is -0.141. The summed E-state index contributed by atoms with van der Waals surface area (Å²) in [5.41, 5.74) is 0.967. The molecule has 0 aromatic heterocycles. The maximum Gasteiger partial charge on any atom is 0.308 e. The molecule has 1 aliphatic heterocycles. The molecule has 1 aliphatic rings. The number of halogens is 1. The van der Waals surface area contributed by atoms with Gasteiger partial charge in [0.25, 0.3) is 0 Å². The fourth-order valence-corrected chi connectivity index (χ4v) is 2.94. The SMILES string of the molecule is COc1ccc(Br)cc1CCC(=O)N1CC[C@@H](C(=O)O)C1. The minimum Gasteiger partial charge on any atom is -0.496 e. The van der Waals surface area contributed by atoms with Crippen molar-refractivity contribution in [2.45, 2.75) is 19.3 Å². The number of carboxylic acid groups (broad SMARTS) is 1. The van der Waals surface area contributed by atoms with Crippen molar-refractivity contribution >= 4 is 27.8 Å². The molecular formula is C15H18BrNO4. The molecule has 1 fully saturated rings. The summed E-state index contributed by atoms with van der Waals surface area (Å²) in [6.07, 6.45) is 1.48. The molecule has 0 spiro atoms. The molecule has 2 rings (SSSR count). The predicted octanol–water partition coefficient (Wildman–Crippen LogP) is 2.32. The van der Waals surface area contributed by atoms with Gasteiger partial charge in [0.1, 0.15) is 5.75 Å². The van der Waals surface area contributed by atoms with Gasteiger partial charge >= 0.3 is 5.97 Å². The smallest absolute Gasteiger partial charge is 0.308 e. The standard InChI is InChI=1S/C15H18BrNO4/c1-21-13-4-3-12(16)8-10(13)2-5-14(18)17-7-6-11(9-17)15(19)20/h3-4,8,11H,2,5-7,9H2,1H3,(H,19,20)/t11-/m1/s1. The number of carbonyl (C=O) groups excluding carboxylic acids is 1. The summed E-state index contributed by atoms with van der Waals surface area (Å²) in [5, 5.41) is 8.96. The number of ether oxygens (including phenoxy) is 1. The van der Waals surface area contributed by atoms with Gasteiger partial charge in [0.15, 0.2) is 0 Å². The number of aryl methyl sites for hydroxylation is 1. The molecule has 0 saturated carbocycles. The second kappa shape index (κ2) is 6.93. The molecule has 0 bridgehead atoms. The lowest BCUT2D eigenvalue weighted by Gasteiger charge is -2.16. The highest BCUT2D eigenvalue weighted by molar-refractivity contribution is 9.10. The van der Waals surface area contributed by atoms with E-state index < -0.39 is 11.9 Å². The van der Waals surface area contributed by atoms with Crippen molar-refractivity contribution in [3.8, 4) is 5.75 Å². The fourth-order valence-electron chi connectivity index (χ4n) is 2.53. The van der Waals surface area contributed by atoms with Crippen molar-refractivity contribution in [3.63, 3.8) is 0 Å². The number of aliphatic carboxylic acids is 1. The van der Waals surface area contributed by atoms with Crippen LogP contribution in [-0.2, 0) is 16.0 Å². The quantitative estimate of drug-likeness (QED) is 0.879. The Morgan fingerprint density at radius 2 is 2.24 bits per heavy atom. The van der Waals surface area contributed by atoms with Crippen molar-refractivity contribution < 1.29 is 19.4 Å². The van der Waals surface area contributed by atoms with Crippen LogP contribution in [-0.4, -0.2) is 42.1 Å². The van der Waals surface area contributed by atoms with Crippen molar-refractivity contribution in [2.24, 2.45) is 5.92 Å². The summed E-state index contributed by atoms with van der Waals surface area (Å²) in [5.74, 6) is -0.482. The van der Waals surface area contributed by atoms with Gasteiger partial charge < -0.3 is 14.7 Å². The first kappa shape index (κ1) is 15.8. The minimum absolute atomic E-state index is 0.000721. The molecule has 5 nitrogen and oxygen atoms in total. The zero-order valence-electron chi connectivity index (χ0n) is 11.8. The number of carbonyl (C=O) groups is 2. The Bertz CT molecular complexity index is 546. The number of carboxylic acids is 1. The third-order valence-corrected chi connectivity index (χ3v) is 4.23. The summed E-state index contributed by atoms with van der Waals surface area (Å²) in [6, 6.07) is 5.69. The van der Waals surface area contributed by atoms with Crippen LogP contribution in [0.5, 0.6) is 5.75 Å². The first-order chi connectivity index (χ1) is 10.0. The average molecular weight is 356 g/mol. The number of benzene rings is 1. The Hall–Kier alpha value is -1.56. The van der Waals surface area contributed by atoms with Crippen LogP contribution < -0.4 is 4.74 Å². The van der Waals surface area contributed by atoms with Crippen molar-refractivity contribution in [2.75, 3.05) is 20.2 Å². The molecule has 6 heteroatoms. The number of methoxy groups -OCH3 is 1. The van der Waals surface area contributed by atoms with Crippen LogP contribution in [0.2, 0.25) is 0 Å². The molecule has 1 heterocycles. The minimum atomic E-state index is -0.820. The molecular weight excluding hydrogens is 338 g/mol. The van der Waals surface area contributed by atoms with Gasteiger partial charge in [-0.3, -0.25) is 9.59 Å². The van der Waals surface area contributed by atoms with Gasteiger partial charge in [-0.25, -0.2) is 0 Å². The van der Waals surface area contributed by atoms with Gasteiger partial charge in [-0.2, -0.15) is 0 Å². The van der Waals surface area contributed by atoms with Crippen molar-refractivity contribution in [3.05, 3.63) is 28.2 Å². The van der Waals surface area contributed by atoms with E-state index in [1.807, 2.05) is 18.2 Å². The fraction of sp³-hybridized carbons (Fsp3) is 0.467. The van der Waals surface area contributed by atoms with Gasteiger partial charge in [-0.1, -0.05) is 15.9 Å². The van der Waals surface area contributed by atoms with Gasteiger partial charge in [-0.05, 0) is 36.6 Å². The number of hydrogen-bond donors (Lipinski definition) is 1. The maximum atomic E-state index is 12.2. The van der Waals surface area contributed by atoms with Crippen molar-refractivity contribution in [1.82, 2.24) is 4.90 Å². The molecule has 114 valence electrons. The number of likely N-dealkylation sites (tertiary alicyclic amines) is 1. The van der Waals surface area contributed by atoms with E-state index in [1.54, 1.807) is 12.0 Å². The molecule has 1 aromatic rings. The van der Waals surface area contributed by atoms with Crippen LogP contribution in [0.3, 0.4) is 0 Å². The second-order valence-electron chi connectivity index (χ2n) is 5.12. The molecule has 1 N–H and O–H groups in total. The molecule has 21 heavy (non-hydrogen) atoms. The highest BCUT2D eigenvalue weighted by atomic mass is 79.9.